The van der Waals surface area contributed by atoms with E-state index in [2.05, 4.69) is 24.7 Å². The number of fused-ring (bicyclic) bond motifs is 1. The molecule has 3 rings (SSSR count). The Morgan fingerprint density at radius 3 is 2.53 bits per heavy atom. The average Bonchev–Trinajstić information content (AvgIpc) is 2.78. The van der Waals surface area contributed by atoms with E-state index in [1.807, 2.05) is 12.1 Å². The molecule has 0 fully saturated rings. The standard InChI is InChI=1S/C21H22N6O5/c22-19-18-20(27-21(23)26-19)24-10-15(25-18)6-3-13-1-4-14(5-2-13)17(30)9-16(32-12-29)7-8-31-11-28/h1-2,4-5,10-12,16H,3,6-9H2,(H4,22,23,24,26,27)/t16-/m1/s1. The van der Waals surface area contributed by atoms with E-state index in [1.165, 1.54) is 0 Å². The summed E-state index contributed by atoms with van der Waals surface area (Å²) in [4.78, 5) is 49.9. The molecule has 0 aliphatic rings. The highest BCUT2D eigenvalue weighted by Crippen LogP contribution is 2.16. The fraction of sp³-hybridized carbons (Fsp3) is 0.286. The Morgan fingerprint density at radius 2 is 1.81 bits per heavy atom. The van der Waals surface area contributed by atoms with Gasteiger partial charge in [-0.05, 0) is 18.4 Å². The van der Waals surface area contributed by atoms with Gasteiger partial charge in [0.05, 0.1) is 18.5 Å². The van der Waals surface area contributed by atoms with Crippen LogP contribution in [-0.4, -0.2) is 51.4 Å². The lowest BCUT2D eigenvalue weighted by molar-refractivity contribution is -0.135. The maximum absolute atomic E-state index is 12.5. The van der Waals surface area contributed by atoms with Crippen LogP contribution in [0.15, 0.2) is 30.5 Å². The smallest absolute Gasteiger partial charge is 0.293 e. The van der Waals surface area contributed by atoms with E-state index < -0.39 is 6.10 Å². The van der Waals surface area contributed by atoms with Gasteiger partial charge in [-0.25, -0.2) is 9.97 Å². The summed E-state index contributed by atoms with van der Waals surface area (Å²) in [6.45, 7) is 0.657. The number of ketones is 1. The lowest BCUT2D eigenvalue weighted by Crippen LogP contribution is -2.19. The van der Waals surface area contributed by atoms with Crippen molar-refractivity contribution in [3.05, 3.63) is 47.3 Å². The number of hydrogen-bond donors (Lipinski definition) is 2. The molecule has 0 radical (unpaired) electrons. The first kappa shape index (κ1) is 22.5. The fourth-order valence-electron chi connectivity index (χ4n) is 3.10. The van der Waals surface area contributed by atoms with Gasteiger partial charge in [0, 0.05) is 18.4 Å². The van der Waals surface area contributed by atoms with Crippen molar-refractivity contribution < 1.29 is 23.9 Å². The summed E-state index contributed by atoms with van der Waals surface area (Å²) in [7, 11) is 0. The van der Waals surface area contributed by atoms with E-state index in [0.717, 1.165) is 11.3 Å². The number of aromatic nitrogens is 4. The van der Waals surface area contributed by atoms with Crippen LogP contribution in [-0.2, 0) is 31.9 Å². The van der Waals surface area contributed by atoms with Crippen molar-refractivity contribution in [3.63, 3.8) is 0 Å². The van der Waals surface area contributed by atoms with Crippen molar-refractivity contribution in [2.75, 3.05) is 18.1 Å². The van der Waals surface area contributed by atoms with E-state index in [1.54, 1.807) is 18.3 Å². The monoisotopic (exact) mass is 438 g/mol. The number of nitrogen functional groups attached to an aromatic ring is 2. The summed E-state index contributed by atoms with van der Waals surface area (Å²) < 4.78 is 9.50. The third kappa shape index (κ3) is 5.94. The molecule has 0 amide bonds. The number of nitrogens with zero attached hydrogens (tertiary/aromatic N) is 4. The summed E-state index contributed by atoms with van der Waals surface area (Å²) in [6, 6.07) is 7.15. The van der Waals surface area contributed by atoms with Gasteiger partial charge >= 0.3 is 0 Å². The van der Waals surface area contributed by atoms with Gasteiger partial charge in [0.25, 0.3) is 12.9 Å². The molecule has 32 heavy (non-hydrogen) atoms. The molecule has 2 aromatic heterocycles. The van der Waals surface area contributed by atoms with E-state index in [9.17, 15) is 14.4 Å². The van der Waals surface area contributed by atoms with Gasteiger partial charge in [-0.2, -0.15) is 9.97 Å². The molecule has 0 spiro atoms. The molecule has 2 heterocycles. The first-order valence-corrected chi connectivity index (χ1v) is 9.81. The van der Waals surface area contributed by atoms with E-state index in [-0.39, 0.29) is 43.5 Å². The largest absolute Gasteiger partial charge is 0.468 e. The zero-order valence-electron chi connectivity index (χ0n) is 17.1. The van der Waals surface area contributed by atoms with Crippen molar-refractivity contribution in [1.29, 1.82) is 0 Å². The molecule has 11 heteroatoms. The van der Waals surface area contributed by atoms with Crippen LogP contribution in [0.2, 0.25) is 0 Å². The molecule has 0 bridgehead atoms. The normalized spacial score (nSPS) is 11.6. The molecular weight excluding hydrogens is 416 g/mol. The van der Waals surface area contributed by atoms with Gasteiger partial charge in [0.1, 0.15) is 6.10 Å². The second-order valence-corrected chi connectivity index (χ2v) is 6.93. The Kier molecular flexibility index (Phi) is 7.57. The highest BCUT2D eigenvalue weighted by Gasteiger charge is 2.17. The zero-order valence-corrected chi connectivity index (χ0v) is 17.1. The van der Waals surface area contributed by atoms with Crippen molar-refractivity contribution >= 4 is 41.7 Å². The number of carbonyl (C=O) groups excluding carboxylic acids is 3. The fourth-order valence-corrected chi connectivity index (χ4v) is 3.10. The Labute approximate surface area is 183 Å². The third-order valence-corrected chi connectivity index (χ3v) is 4.73. The maximum atomic E-state index is 12.5. The number of hydrogen-bond acceptors (Lipinski definition) is 11. The predicted octanol–water partition coefficient (Wildman–Crippen LogP) is 1.05. The van der Waals surface area contributed by atoms with Gasteiger partial charge in [-0.1, -0.05) is 24.3 Å². The van der Waals surface area contributed by atoms with E-state index in [4.69, 9.17) is 16.2 Å². The van der Waals surface area contributed by atoms with Crippen molar-refractivity contribution in [1.82, 2.24) is 19.9 Å². The lowest BCUT2D eigenvalue weighted by atomic mass is 10.0. The number of Topliss-reactive ketones (excluding diaryl/α,β-unsaturated/α-hetero) is 1. The van der Waals surface area contributed by atoms with Gasteiger partial charge in [-0.3, -0.25) is 14.4 Å². The predicted molar refractivity (Wildman–Crippen MR) is 114 cm³/mol. The van der Waals surface area contributed by atoms with Crippen LogP contribution in [0.25, 0.3) is 11.2 Å². The Balaban J connectivity index is 1.59. The van der Waals surface area contributed by atoms with Crippen molar-refractivity contribution in [3.8, 4) is 0 Å². The topological polar surface area (TPSA) is 173 Å². The van der Waals surface area contributed by atoms with Crippen LogP contribution in [0, 0.1) is 0 Å². The number of rotatable bonds is 12. The van der Waals surface area contributed by atoms with Gasteiger partial charge < -0.3 is 20.9 Å². The van der Waals surface area contributed by atoms with Crippen LogP contribution in [0.5, 0.6) is 0 Å². The van der Waals surface area contributed by atoms with E-state index >= 15 is 0 Å². The number of ether oxygens (including phenoxy) is 2. The molecule has 4 N–H and O–H groups in total. The molecule has 166 valence electrons. The number of benzene rings is 1. The third-order valence-electron chi connectivity index (χ3n) is 4.73. The highest BCUT2D eigenvalue weighted by molar-refractivity contribution is 5.96. The Bertz CT molecular complexity index is 1110. The summed E-state index contributed by atoms with van der Waals surface area (Å²) in [5.74, 6) is 0.0500. The minimum absolute atomic E-state index is 0.000982. The van der Waals surface area contributed by atoms with Crippen molar-refractivity contribution in [2.45, 2.75) is 31.8 Å². The van der Waals surface area contributed by atoms with Crippen LogP contribution in [0.4, 0.5) is 11.8 Å². The first-order valence-electron chi connectivity index (χ1n) is 9.81. The quantitative estimate of drug-likeness (QED) is 0.235. The number of anilines is 2. The molecule has 11 nitrogen and oxygen atoms in total. The van der Waals surface area contributed by atoms with Gasteiger partial charge in [0.15, 0.2) is 22.8 Å². The average molecular weight is 438 g/mol. The molecule has 0 saturated heterocycles. The highest BCUT2D eigenvalue weighted by atomic mass is 16.5. The molecule has 1 aromatic carbocycles. The van der Waals surface area contributed by atoms with Crippen LogP contribution in [0.1, 0.15) is 34.5 Å². The molecule has 1 atom stereocenters. The van der Waals surface area contributed by atoms with Gasteiger partial charge in [-0.15, -0.1) is 0 Å². The van der Waals surface area contributed by atoms with Gasteiger partial charge in [0.2, 0.25) is 5.95 Å². The lowest BCUT2D eigenvalue weighted by Gasteiger charge is -2.14. The summed E-state index contributed by atoms with van der Waals surface area (Å²) in [5.41, 5.74) is 14.4. The van der Waals surface area contributed by atoms with Crippen LogP contribution < -0.4 is 11.5 Å². The van der Waals surface area contributed by atoms with E-state index in [0.29, 0.717) is 36.0 Å². The second-order valence-electron chi connectivity index (χ2n) is 6.93. The summed E-state index contributed by atoms with van der Waals surface area (Å²) in [5, 5.41) is 0. The minimum atomic E-state index is -0.655. The minimum Gasteiger partial charge on any atom is -0.468 e. The Morgan fingerprint density at radius 1 is 1.03 bits per heavy atom. The van der Waals surface area contributed by atoms with Crippen LogP contribution in [0.3, 0.4) is 0 Å². The molecule has 0 saturated carbocycles. The number of carbonyl (C=O) groups is 3. The molecule has 0 unspecified atom stereocenters. The first-order chi connectivity index (χ1) is 15.5. The molecule has 0 aliphatic carbocycles. The zero-order chi connectivity index (χ0) is 22.9. The molecule has 0 aliphatic heterocycles. The maximum Gasteiger partial charge on any atom is 0.293 e. The summed E-state index contributed by atoms with van der Waals surface area (Å²) in [6.07, 6.45) is 2.49. The summed E-state index contributed by atoms with van der Waals surface area (Å²) >= 11 is 0. The second kappa shape index (κ2) is 10.8. The SMILES string of the molecule is Nc1nc(N)c2nc(CCc3ccc(C(=O)C[C@@H](CCOC=O)OC=O)cc3)cnc2n1. The number of aryl methyl sites for hydroxylation is 2. The number of nitrogens with two attached hydrogens (primary N) is 2. The van der Waals surface area contributed by atoms with Crippen molar-refractivity contribution in [2.24, 2.45) is 0 Å². The molecular formula is C21H22N6O5. The van der Waals surface area contributed by atoms with Crippen LogP contribution >= 0.6 is 0 Å². The molecule has 3 aromatic rings. The Hall–Kier alpha value is -4.15.